The summed E-state index contributed by atoms with van der Waals surface area (Å²) in [5.41, 5.74) is 1.79. The van der Waals surface area contributed by atoms with E-state index in [4.69, 9.17) is 18.9 Å². The highest BCUT2D eigenvalue weighted by molar-refractivity contribution is 6.39. The Kier molecular flexibility index (Phi) is 19.0. The number of rotatable bonds is 20. The van der Waals surface area contributed by atoms with Crippen molar-refractivity contribution in [1.29, 1.82) is 0 Å². The predicted molar refractivity (Wildman–Crippen MR) is 215 cm³/mol. The highest BCUT2D eigenvalue weighted by Crippen LogP contribution is 2.39. The first-order valence-corrected chi connectivity index (χ1v) is 20.5. The van der Waals surface area contributed by atoms with Crippen molar-refractivity contribution in [2.75, 3.05) is 27.9 Å². The molecule has 13 heteroatoms. The van der Waals surface area contributed by atoms with E-state index in [9.17, 15) is 39.6 Å². The Morgan fingerprint density at radius 1 is 1.02 bits per heavy atom. The van der Waals surface area contributed by atoms with Gasteiger partial charge >= 0.3 is 5.97 Å². The summed E-state index contributed by atoms with van der Waals surface area (Å²) < 4.78 is 23.2. The van der Waals surface area contributed by atoms with Gasteiger partial charge in [0.25, 0.3) is 11.7 Å². The minimum absolute atomic E-state index is 0.00619. The number of carbonyl (C=O) groups excluding carboxylic acids is 3. The van der Waals surface area contributed by atoms with Gasteiger partial charge in [0.05, 0.1) is 30.5 Å². The van der Waals surface area contributed by atoms with Crippen LogP contribution in [0.5, 0.6) is 0 Å². The molecule has 0 spiro atoms. The fourth-order valence-corrected chi connectivity index (χ4v) is 8.74. The number of aliphatic carboxylic acids is 1. The van der Waals surface area contributed by atoms with Crippen LogP contribution >= 0.6 is 0 Å². The summed E-state index contributed by atoms with van der Waals surface area (Å²) in [5, 5.41) is 42.6. The van der Waals surface area contributed by atoms with Crippen LogP contribution in [0.25, 0.3) is 0 Å². The Bertz CT molecular complexity index is 1470. The number of carboxylic acid groups (broad SMARTS) is 1. The number of piperidine rings is 1. The molecule has 2 aliphatic heterocycles. The van der Waals surface area contributed by atoms with Gasteiger partial charge in [0.1, 0.15) is 12.1 Å². The van der Waals surface area contributed by atoms with Gasteiger partial charge in [-0.1, -0.05) is 50.6 Å². The quantitative estimate of drug-likeness (QED) is 0.0737. The predicted octanol–water partition coefficient (Wildman–Crippen LogP) is 4.96. The molecule has 322 valence electrons. The summed E-state index contributed by atoms with van der Waals surface area (Å²) in [6, 6.07) is -1.15. The maximum Gasteiger partial charge on any atom is 0.326 e. The lowest BCUT2D eigenvalue weighted by Gasteiger charge is -2.47. The molecule has 0 aromatic carbocycles. The number of likely N-dealkylation sites (tertiary alicyclic amines) is 1. The average Bonchev–Trinajstić information content (AvgIpc) is 3.19. The molecule has 0 radical (unpaired) electrons. The number of ether oxygens (including phenoxy) is 4. The molecule has 0 aromatic heterocycles. The summed E-state index contributed by atoms with van der Waals surface area (Å²) >= 11 is 0. The summed E-state index contributed by atoms with van der Waals surface area (Å²) in [7, 11) is 4.61. The number of amides is 1. The van der Waals surface area contributed by atoms with E-state index >= 15 is 0 Å². The smallest absolute Gasteiger partial charge is 0.326 e. The molecule has 2 saturated heterocycles. The highest BCUT2D eigenvalue weighted by atomic mass is 16.7. The number of carboxylic acids is 1. The molecule has 0 bridgehead atoms. The van der Waals surface area contributed by atoms with E-state index in [-0.39, 0.29) is 49.0 Å². The van der Waals surface area contributed by atoms with E-state index in [1.807, 2.05) is 33.8 Å². The second kappa shape index (κ2) is 22.4. The fourth-order valence-electron chi connectivity index (χ4n) is 8.74. The van der Waals surface area contributed by atoms with Gasteiger partial charge in [0.15, 0.2) is 5.78 Å². The van der Waals surface area contributed by atoms with Crippen LogP contribution in [-0.2, 0) is 38.1 Å². The maximum absolute atomic E-state index is 13.7. The summed E-state index contributed by atoms with van der Waals surface area (Å²) in [6.07, 6.45) is 10.6. The molecule has 2 heterocycles. The molecule has 13 nitrogen and oxygen atoms in total. The zero-order valence-electron chi connectivity index (χ0n) is 35.3. The number of carbonyl (C=O) groups is 4. The second-order valence-corrected chi connectivity index (χ2v) is 16.7. The van der Waals surface area contributed by atoms with Crippen molar-refractivity contribution in [3.63, 3.8) is 0 Å². The van der Waals surface area contributed by atoms with Crippen molar-refractivity contribution >= 4 is 23.4 Å². The summed E-state index contributed by atoms with van der Waals surface area (Å²) in [6.45, 7) is 13.3. The fraction of sp³-hybridized carbons (Fsp3) is 0.727. The highest BCUT2D eigenvalue weighted by Gasteiger charge is 2.56. The third-order valence-corrected chi connectivity index (χ3v) is 12.2. The number of hydrogen-bond donors (Lipinski definition) is 4. The van der Waals surface area contributed by atoms with Crippen LogP contribution in [0.3, 0.4) is 0 Å². The van der Waals surface area contributed by atoms with Crippen molar-refractivity contribution in [1.82, 2.24) is 4.90 Å². The first kappa shape index (κ1) is 48.3. The van der Waals surface area contributed by atoms with Gasteiger partial charge in [0, 0.05) is 45.6 Å². The number of aliphatic hydroxyl groups excluding tert-OH is 2. The lowest BCUT2D eigenvalue weighted by Crippen LogP contribution is -2.64. The largest absolute Gasteiger partial charge is 0.480 e. The van der Waals surface area contributed by atoms with Gasteiger partial charge < -0.3 is 44.3 Å². The molecule has 0 unspecified atom stereocenters. The second-order valence-electron chi connectivity index (χ2n) is 16.7. The Balaban J connectivity index is 1.67. The molecule has 13 atom stereocenters. The Labute approximate surface area is 339 Å². The minimum atomic E-state index is -2.50. The Morgan fingerprint density at radius 3 is 2.32 bits per heavy atom. The Morgan fingerprint density at radius 2 is 1.70 bits per heavy atom. The molecule has 1 saturated carbocycles. The Hall–Kier alpha value is -3.04. The van der Waals surface area contributed by atoms with Crippen molar-refractivity contribution < 1.29 is 58.6 Å². The minimum Gasteiger partial charge on any atom is -0.480 e. The number of ketones is 2. The van der Waals surface area contributed by atoms with Crippen LogP contribution in [0.4, 0.5) is 0 Å². The van der Waals surface area contributed by atoms with Crippen LogP contribution < -0.4 is 0 Å². The molecule has 0 aromatic rings. The van der Waals surface area contributed by atoms with Gasteiger partial charge in [-0.25, -0.2) is 4.79 Å². The van der Waals surface area contributed by atoms with Crippen LogP contribution in [0.1, 0.15) is 98.8 Å². The van der Waals surface area contributed by atoms with Crippen molar-refractivity contribution in [3.8, 4) is 0 Å². The topological polar surface area (TPSA) is 189 Å². The van der Waals surface area contributed by atoms with Gasteiger partial charge in [-0.15, -0.1) is 6.58 Å². The maximum atomic E-state index is 13.7. The molecule has 57 heavy (non-hydrogen) atoms. The molecule has 3 aliphatic rings. The van der Waals surface area contributed by atoms with E-state index in [1.165, 1.54) is 20.3 Å². The van der Waals surface area contributed by atoms with E-state index in [2.05, 4.69) is 12.7 Å². The third kappa shape index (κ3) is 12.7. The van der Waals surface area contributed by atoms with Gasteiger partial charge in [-0.3, -0.25) is 14.4 Å². The first-order valence-electron chi connectivity index (χ1n) is 20.5. The molecule has 4 N–H and O–H groups in total. The van der Waals surface area contributed by atoms with E-state index in [0.717, 1.165) is 22.5 Å². The number of methoxy groups -OCH3 is 3. The lowest BCUT2D eigenvalue weighted by atomic mass is 9.82. The van der Waals surface area contributed by atoms with E-state index in [1.54, 1.807) is 26.2 Å². The lowest BCUT2D eigenvalue weighted by molar-refractivity contribution is -0.302. The monoisotopic (exact) mass is 803 g/mol. The van der Waals surface area contributed by atoms with Gasteiger partial charge in [0.2, 0.25) is 5.79 Å². The summed E-state index contributed by atoms with van der Waals surface area (Å²) in [5.74, 6) is -7.49. The van der Waals surface area contributed by atoms with Crippen molar-refractivity contribution in [2.24, 2.45) is 29.6 Å². The van der Waals surface area contributed by atoms with Gasteiger partial charge in [-0.05, 0) is 102 Å². The summed E-state index contributed by atoms with van der Waals surface area (Å²) in [4.78, 5) is 53.4. The molecular weight excluding hydrogens is 734 g/mol. The van der Waals surface area contributed by atoms with E-state index < -0.39 is 71.8 Å². The zero-order chi connectivity index (χ0) is 42.6. The van der Waals surface area contributed by atoms with Gasteiger partial charge in [-0.2, -0.15) is 0 Å². The molecule has 3 fully saturated rings. The molecule has 1 aliphatic carbocycles. The standard InChI is InChI=1S/C44H69NO12/c1-10-13-32(34(46)17-15-28(4)39(48)29(5)23-31-16-18-35(47)36(25-31)54-7)21-26(2)20-27(3)22-37(55-8)40-38(56-9)24-30(6)44(53,57-40)41(49)42(50)45-19-12-11-14-33(45)43(51)52/h10,15,17,21,23,27-28,30-33,35-40,47-48,53H,1,11-14,16,18-20,22,24-25H2,2-9H3,(H,51,52)/b17-15+,26-21-,29-23+/t27-,28+,30+,31-,32+,33-,35+,36+,37-,38-,39-,40+,44+/m0/s1. The molecular formula is C44H69NO12. The SMILES string of the molecule is C=CC[C@H](/C=C(/C)C[C@H](C)C[C@H](OC)[C@H]1O[C@@](O)(C(=O)C(=O)N2CCCC[C@H]2C(=O)O)[C@H](C)C[C@@H]1OC)C(=O)/C=C/[C@@H](C)[C@H](O)/C(C)=C/[C@@H]1CC[C@@H](O)[C@H](OC)C1. The molecule has 1 amide bonds. The number of hydrogen-bond acceptors (Lipinski definition) is 11. The average molecular weight is 804 g/mol. The van der Waals surface area contributed by atoms with Crippen LogP contribution in [0, 0.1) is 29.6 Å². The number of Topliss-reactive ketones (excluding diaryl/α,β-unsaturated/α-hetero) is 1. The number of allylic oxidation sites excluding steroid dienone is 5. The van der Waals surface area contributed by atoms with Crippen LogP contribution in [0.15, 0.2) is 48.1 Å². The number of aliphatic hydroxyl groups is 3. The first-order chi connectivity index (χ1) is 26.9. The van der Waals surface area contributed by atoms with Crippen LogP contribution in [0.2, 0.25) is 0 Å². The van der Waals surface area contributed by atoms with Crippen molar-refractivity contribution in [3.05, 3.63) is 48.1 Å². The zero-order valence-corrected chi connectivity index (χ0v) is 35.3. The van der Waals surface area contributed by atoms with Crippen LogP contribution in [-0.4, -0.2) is 125 Å². The third-order valence-electron chi connectivity index (χ3n) is 12.2. The van der Waals surface area contributed by atoms with Crippen molar-refractivity contribution in [2.45, 2.75) is 147 Å². The normalized spacial score (nSPS) is 31.6. The number of nitrogens with zero attached hydrogens (tertiary/aromatic N) is 1. The molecule has 3 rings (SSSR count). The van der Waals surface area contributed by atoms with E-state index in [0.29, 0.717) is 44.9 Å².